The van der Waals surface area contributed by atoms with E-state index in [-0.39, 0.29) is 30.6 Å². The highest BCUT2D eigenvalue weighted by Crippen LogP contribution is 2.42. The molecule has 1 aromatic heterocycles. The van der Waals surface area contributed by atoms with Gasteiger partial charge in [-0.3, -0.25) is 0 Å². The fourth-order valence-electron chi connectivity index (χ4n) is 4.69. The topological polar surface area (TPSA) is 69.1 Å². The molecule has 0 unspecified atom stereocenters. The molecule has 3 rings (SSSR count). The number of methoxy groups -OCH3 is 1. The zero-order valence-corrected chi connectivity index (χ0v) is 27.0. The quantitative estimate of drug-likeness (QED) is 0.135. The molecule has 1 fully saturated rings. The van der Waals surface area contributed by atoms with Crippen molar-refractivity contribution in [3.8, 4) is 5.88 Å². The van der Waals surface area contributed by atoms with E-state index in [4.69, 9.17) is 42.7 Å². The minimum Gasteiger partial charge on any atom is -0.495 e. The molecule has 0 amide bonds. The first-order valence-electron chi connectivity index (χ1n) is 14.7. The van der Waals surface area contributed by atoms with E-state index in [2.05, 4.69) is 9.97 Å². The molecule has 0 bridgehead atoms. The third kappa shape index (κ3) is 9.44. The lowest BCUT2D eigenvalue weighted by Gasteiger charge is -2.27. The van der Waals surface area contributed by atoms with Crippen LogP contribution in [0.1, 0.15) is 80.8 Å². The fraction of sp³-hybridized carbons (Fsp3) is 0.469. The van der Waals surface area contributed by atoms with E-state index >= 15 is 0 Å². The fourth-order valence-corrected chi connectivity index (χ4v) is 4.69. The van der Waals surface area contributed by atoms with E-state index in [0.29, 0.717) is 29.2 Å². The number of hydrogen-bond acceptors (Lipinski definition) is 7. The van der Waals surface area contributed by atoms with Gasteiger partial charge >= 0.3 is 6.18 Å². The Morgan fingerprint density at radius 3 is 2.40 bits per heavy atom. The Kier molecular flexibility index (Phi) is 12.0. The van der Waals surface area contributed by atoms with E-state index in [1.165, 1.54) is 11.2 Å². The third-order valence-electron chi connectivity index (χ3n) is 7.28. The van der Waals surface area contributed by atoms with Crippen LogP contribution in [0.5, 0.6) is 5.88 Å². The van der Waals surface area contributed by atoms with Gasteiger partial charge in [-0.2, -0.15) is 13.2 Å². The number of aliphatic imine (C=N–C) groups is 1. The molecule has 0 saturated heterocycles. The average molecular weight is 616 g/mol. The van der Waals surface area contributed by atoms with Crippen LogP contribution in [0.15, 0.2) is 59.0 Å². The molecular weight excluding hydrogens is 578 g/mol. The van der Waals surface area contributed by atoms with Crippen LogP contribution in [0.2, 0.25) is 6.32 Å². The first-order valence-corrected chi connectivity index (χ1v) is 14.7. The van der Waals surface area contributed by atoms with Crippen molar-refractivity contribution in [2.75, 3.05) is 14.2 Å². The zero-order chi connectivity index (χ0) is 33.5. The van der Waals surface area contributed by atoms with E-state index in [1.54, 1.807) is 34.1 Å². The zero-order valence-electron chi connectivity index (χ0n) is 27.0. The molecule has 1 aromatic carbocycles. The molecule has 7 nitrogen and oxygen atoms in total. The van der Waals surface area contributed by atoms with Crippen molar-refractivity contribution in [2.45, 2.75) is 84.3 Å². The molecule has 234 valence electrons. The lowest BCUT2D eigenvalue weighted by Crippen LogP contribution is -2.37. The number of allylic oxidation sites excluding steroid dienone is 3. The second kappa shape index (κ2) is 15.1. The average Bonchev–Trinajstić information content (AvgIpc) is 3.82. The SMILES string of the molecule is [B]CC([B])([B])Oc1ncnc(C2CC2)c1/C(C)=N/C(OCc1ccc(/C(=C/C)N(C)/C=C(\C)C(F)(F)F)c(C)c1)=C(\CC)OC. The Bertz CT molecular complexity index is 1480. The lowest BCUT2D eigenvalue weighted by molar-refractivity contribution is -0.0921. The monoisotopic (exact) mass is 616 g/mol. The van der Waals surface area contributed by atoms with Crippen molar-refractivity contribution in [1.29, 1.82) is 0 Å². The summed E-state index contributed by atoms with van der Waals surface area (Å²) >= 11 is 0. The van der Waals surface area contributed by atoms with Crippen LogP contribution in [0.25, 0.3) is 5.70 Å². The third-order valence-corrected chi connectivity index (χ3v) is 7.28. The minimum absolute atomic E-state index is 0.142. The summed E-state index contributed by atoms with van der Waals surface area (Å²) in [4.78, 5) is 15.1. The van der Waals surface area contributed by atoms with Crippen molar-refractivity contribution in [1.82, 2.24) is 14.9 Å². The number of aromatic nitrogens is 2. The molecule has 6 radical (unpaired) electrons. The maximum atomic E-state index is 13.1. The second-order valence-electron chi connectivity index (χ2n) is 11.0. The van der Waals surface area contributed by atoms with E-state index in [9.17, 15) is 13.2 Å². The summed E-state index contributed by atoms with van der Waals surface area (Å²) in [6.07, 6.45) is 2.17. The molecule has 0 spiro atoms. The molecule has 1 heterocycles. The van der Waals surface area contributed by atoms with Crippen LogP contribution < -0.4 is 4.74 Å². The van der Waals surface area contributed by atoms with Crippen molar-refractivity contribution in [2.24, 2.45) is 4.99 Å². The summed E-state index contributed by atoms with van der Waals surface area (Å²) in [7, 11) is 20.8. The molecule has 0 aliphatic heterocycles. The van der Waals surface area contributed by atoms with Crippen LogP contribution in [0.4, 0.5) is 13.2 Å². The van der Waals surface area contributed by atoms with Crippen LogP contribution in [-0.4, -0.2) is 69.9 Å². The maximum Gasteiger partial charge on any atom is 0.413 e. The Hall–Kier alpha value is -3.63. The Balaban J connectivity index is 1.93. The molecule has 1 aliphatic carbocycles. The molecule has 1 aliphatic rings. The van der Waals surface area contributed by atoms with Crippen molar-refractivity contribution >= 4 is 34.9 Å². The van der Waals surface area contributed by atoms with Gasteiger partial charge in [0, 0.05) is 47.8 Å². The molecule has 0 atom stereocenters. The lowest BCUT2D eigenvalue weighted by atomic mass is 9.59. The van der Waals surface area contributed by atoms with E-state index < -0.39 is 17.1 Å². The number of benzene rings is 1. The van der Waals surface area contributed by atoms with Gasteiger partial charge in [-0.1, -0.05) is 37.5 Å². The largest absolute Gasteiger partial charge is 0.495 e. The van der Waals surface area contributed by atoms with E-state index in [1.807, 2.05) is 32.0 Å². The van der Waals surface area contributed by atoms with Gasteiger partial charge in [0.1, 0.15) is 28.6 Å². The van der Waals surface area contributed by atoms with Gasteiger partial charge in [-0.15, -0.1) is 0 Å². The van der Waals surface area contributed by atoms with Crippen molar-refractivity contribution < 1.29 is 27.4 Å². The van der Waals surface area contributed by atoms with Gasteiger partial charge in [0.2, 0.25) is 5.88 Å². The van der Waals surface area contributed by atoms with Gasteiger partial charge in [0.15, 0.2) is 5.76 Å². The van der Waals surface area contributed by atoms with Crippen LogP contribution in [0.3, 0.4) is 0 Å². The van der Waals surface area contributed by atoms with Gasteiger partial charge < -0.3 is 19.1 Å². The second-order valence-corrected chi connectivity index (χ2v) is 11.0. The van der Waals surface area contributed by atoms with Crippen LogP contribution >= 0.6 is 0 Å². The van der Waals surface area contributed by atoms with Crippen LogP contribution in [0, 0.1) is 6.92 Å². The predicted molar refractivity (Wildman–Crippen MR) is 173 cm³/mol. The smallest absolute Gasteiger partial charge is 0.413 e. The molecule has 45 heavy (non-hydrogen) atoms. The first-order chi connectivity index (χ1) is 21.1. The minimum atomic E-state index is -4.40. The summed E-state index contributed by atoms with van der Waals surface area (Å²) < 4.78 is 57.0. The number of hydrogen-bond donors (Lipinski definition) is 0. The molecular formula is C32H38B3F3N4O3. The number of ether oxygens (including phenoxy) is 3. The van der Waals surface area contributed by atoms with Gasteiger partial charge in [-0.05, 0) is 51.7 Å². The highest BCUT2D eigenvalue weighted by Gasteiger charge is 2.32. The summed E-state index contributed by atoms with van der Waals surface area (Å²) in [5.74, 6) is 1.20. The Morgan fingerprint density at radius 2 is 1.87 bits per heavy atom. The summed E-state index contributed by atoms with van der Waals surface area (Å²) in [6, 6.07) is 5.65. The van der Waals surface area contributed by atoms with E-state index in [0.717, 1.165) is 48.3 Å². The molecule has 2 aromatic rings. The molecule has 13 heteroatoms. The van der Waals surface area contributed by atoms with Gasteiger partial charge in [-0.25, -0.2) is 15.0 Å². The normalized spacial score (nSPS) is 15.5. The van der Waals surface area contributed by atoms with Gasteiger partial charge in [0.05, 0.1) is 31.9 Å². The predicted octanol–water partition coefficient (Wildman–Crippen LogP) is 6.63. The number of nitrogens with zero attached hydrogens (tertiary/aromatic N) is 4. The Morgan fingerprint density at radius 1 is 1.18 bits per heavy atom. The van der Waals surface area contributed by atoms with Crippen molar-refractivity contribution in [3.63, 3.8) is 0 Å². The summed E-state index contributed by atoms with van der Waals surface area (Å²) in [6.45, 7) is 8.60. The maximum absolute atomic E-state index is 13.1. The molecule has 1 saturated carbocycles. The Labute approximate surface area is 268 Å². The summed E-state index contributed by atoms with van der Waals surface area (Å²) in [5, 5.41) is -1.64. The standard InChI is InChI=1S/C32H38B3F3N4O3/c1-8-25(42(6)15-20(4)32(36,37)38)24-13-10-22(14-19(24)3)16-44-29(26(9-2)43-7)41-21(5)27-28(23-11-12-23)39-18-40-30(27)45-31(34,35)17-33/h8,10,13-15,18,23H,9,11-12,16-17H2,1-7H3/b20-15+,25-8-,29-26-,41-21+. The number of halogens is 3. The molecule has 0 N–H and O–H groups in total. The number of rotatable bonds is 14. The number of alkyl halides is 3. The van der Waals surface area contributed by atoms with Crippen LogP contribution in [-0.2, 0) is 16.1 Å². The highest BCUT2D eigenvalue weighted by molar-refractivity contribution is 6.42. The highest BCUT2D eigenvalue weighted by atomic mass is 19.4. The van der Waals surface area contributed by atoms with Gasteiger partial charge in [0.25, 0.3) is 5.88 Å². The summed E-state index contributed by atoms with van der Waals surface area (Å²) in [5.41, 5.74) is 4.31. The number of aryl methyl sites for hydroxylation is 1. The first kappa shape index (κ1) is 35.8. The van der Waals surface area contributed by atoms with Crippen molar-refractivity contribution in [3.05, 3.63) is 82.0 Å².